The van der Waals surface area contributed by atoms with E-state index >= 15 is 0 Å². The Labute approximate surface area is 104 Å². The topological polar surface area (TPSA) is 102 Å². The predicted molar refractivity (Wildman–Crippen MR) is 64.1 cm³/mol. The molecule has 1 aromatic carbocycles. The molecule has 0 aromatic heterocycles. The molecule has 100 valence electrons. The Morgan fingerprint density at radius 2 is 1.61 bits per heavy atom. The van der Waals surface area contributed by atoms with E-state index in [9.17, 15) is 15.3 Å². The number of phenolic OH excluding ortho intramolecular Hbond substituents is 1. The Hall–Kier alpha value is -1.34. The lowest BCUT2D eigenvalue weighted by Gasteiger charge is -2.39. The molecule has 1 aliphatic heterocycles. The lowest BCUT2D eigenvalue weighted by atomic mass is 9.99. The number of anilines is 1. The lowest BCUT2D eigenvalue weighted by Crippen LogP contribution is -2.58. The minimum Gasteiger partial charge on any atom is -0.508 e. The normalized spacial score (nSPS) is 36.3. The largest absolute Gasteiger partial charge is 0.508 e. The molecular formula is C12H17NO5. The van der Waals surface area contributed by atoms with E-state index in [1.165, 1.54) is 12.1 Å². The average Bonchev–Trinajstić information content (AvgIpc) is 2.36. The van der Waals surface area contributed by atoms with Crippen LogP contribution in [0.3, 0.4) is 0 Å². The number of hydrogen-bond acceptors (Lipinski definition) is 6. The highest BCUT2D eigenvalue weighted by Gasteiger charge is 2.41. The van der Waals surface area contributed by atoms with Gasteiger partial charge in [-0.25, -0.2) is 0 Å². The van der Waals surface area contributed by atoms with E-state index in [0.717, 1.165) is 0 Å². The molecule has 5 atom stereocenters. The molecule has 6 nitrogen and oxygen atoms in total. The minimum atomic E-state index is -1.26. The summed E-state index contributed by atoms with van der Waals surface area (Å²) in [6.07, 6.45) is -5.01. The number of rotatable bonds is 2. The van der Waals surface area contributed by atoms with Crippen LogP contribution in [0, 0.1) is 0 Å². The molecule has 0 radical (unpaired) electrons. The van der Waals surface area contributed by atoms with Gasteiger partial charge < -0.3 is 30.5 Å². The van der Waals surface area contributed by atoms with Gasteiger partial charge in [0.1, 0.15) is 24.1 Å². The zero-order valence-electron chi connectivity index (χ0n) is 9.89. The maximum atomic E-state index is 9.79. The van der Waals surface area contributed by atoms with Crippen molar-refractivity contribution in [1.82, 2.24) is 0 Å². The van der Waals surface area contributed by atoms with E-state index in [-0.39, 0.29) is 5.75 Å². The van der Waals surface area contributed by atoms with Gasteiger partial charge >= 0.3 is 0 Å². The summed E-state index contributed by atoms with van der Waals surface area (Å²) in [5, 5.41) is 41.0. The number of aromatic hydroxyl groups is 1. The van der Waals surface area contributed by atoms with Crippen LogP contribution in [0.5, 0.6) is 5.75 Å². The molecule has 6 heteroatoms. The van der Waals surface area contributed by atoms with E-state index in [4.69, 9.17) is 9.84 Å². The molecule has 0 unspecified atom stereocenters. The summed E-state index contributed by atoms with van der Waals surface area (Å²) in [6, 6.07) is 6.22. The number of hydrogen-bond donors (Lipinski definition) is 5. The van der Waals surface area contributed by atoms with Gasteiger partial charge in [0.05, 0.1) is 6.10 Å². The number of ether oxygens (including phenoxy) is 1. The van der Waals surface area contributed by atoms with E-state index in [1.807, 2.05) is 0 Å². The van der Waals surface area contributed by atoms with Gasteiger partial charge in [0.2, 0.25) is 0 Å². The fourth-order valence-corrected chi connectivity index (χ4v) is 1.89. The van der Waals surface area contributed by atoms with E-state index in [2.05, 4.69) is 5.32 Å². The molecule has 1 aliphatic rings. The van der Waals surface area contributed by atoms with Crippen molar-refractivity contribution in [1.29, 1.82) is 0 Å². The molecule has 0 aliphatic carbocycles. The third-order valence-corrected chi connectivity index (χ3v) is 3.03. The quantitative estimate of drug-likeness (QED) is 0.462. The van der Waals surface area contributed by atoms with Crippen LogP contribution in [0.4, 0.5) is 5.69 Å². The fraction of sp³-hybridized carbons (Fsp3) is 0.500. The van der Waals surface area contributed by atoms with Crippen LogP contribution in [-0.4, -0.2) is 51.1 Å². The van der Waals surface area contributed by atoms with Gasteiger partial charge in [0, 0.05) is 5.69 Å². The third kappa shape index (κ3) is 2.56. The highest BCUT2D eigenvalue weighted by atomic mass is 16.5. The summed E-state index contributed by atoms with van der Waals surface area (Å²) in [5.41, 5.74) is 0.632. The fourth-order valence-electron chi connectivity index (χ4n) is 1.89. The van der Waals surface area contributed by atoms with Crippen molar-refractivity contribution < 1.29 is 25.2 Å². The molecular weight excluding hydrogens is 238 g/mol. The first kappa shape index (κ1) is 13.1. The maximum Gasteiger partial charge on any atom is 0.157 e. The summed E-state index contributed by atoms with van der Waals surface area (Å²) in [7, 11) is 0. The van der Waals surface area contributed by atoms with Gasteiger partial charge in [-0.1, -0.05) is 0 Å². The van der Waals surface area contributed by atoms with Crippen molar-refractivity contribution >= 4 is 5.69 Å². The van der Waals surface area contributed by atoms with Crippen molar-refractivity contribution in [2.45, 2.75) is 37.6 Å². The van der Waals surface area contributed by atoms with Crippen molar-refractivity contribution in [2.24, 2.45) is 0 Å². The van der Waals surface area contributed by atoms with E-state index in [1.54, 1.807) is 19.1 Å². The number of aliphatic hydroxyl groups excluding tert-OH is 3. The number of phenols is 1. The van der Waals surface area contributed by atoms with Gasteiger partial charge in [-0.15, -0.1) is 0 Å². The molecule has 1 heterocycles. The average molecular weight is 255 g/mol. The Bertz CT molecular complexity index is 396. The predicted octanol–water partition coefficient (Wildman–Crippen LogP) is -0.368. The highest BCUT2D eigenvalue weighted by Crippen LogP contribution is 2.23. The summed E-state index contributed by atoms with van der Waals surface area (Å²) < 4.78 is 5.38. The third-order valence-electron chi connectivity index (χ3n) is 3.03. The molecule has 1 fully saturated rings. The smallest absolute Gasteiger partial charge is 0.157 e. The molecule has 1 saturated heterocycles. The van der Waals surface area contributed by atoms with Crippen LogP contribution in [0.25, 0.3) is 0 Å². The Kier molecular flexibility index (Phi) is 3.72. The molecule has 0 saturated carbocycles. The van der Waals surface area contributed by atoms with Crippen LogP contribution in [0.1, 0.15) is 6.92 Å². The zero-order valence-corrected chi connectivity index (χ0v) is 9.89. The first-order valence-corrected chi connectivity index (χ1v) is 5.74. The van der Waals surface area contributed by atoms with Crippen LogP contribution < -0.4 is 5.32 Å². The molecule has 2 rings (SSSR count). The molecule has 18 heavy (non-hydrogen) atoms. The molecule has 1 aromatic rings. The summed E-state index contributed by atoms with van der Waals surface area (Å²) in [5.74, 6) is 0.134. The van der Waals surface area contributed by atoms with Gasteiger partial charge in [-0.2, -0.15) is 0 Å². The Morgan fingerprint density at radius 3 is 2.22 bits per heavy atom. The van der Waals surface area contributed by atoms with Gasteiger partial charge in [0.15, 0.2) is 6.23 Å². The Balaban J connectivity index is 2.06. The number of aliphatic hydroxyl groups is 3. The molecule has 0 bridgehead atoms. The van der Waals surface area contributed by atoms with Crippen molar-refractivity contribution in [3.8, 4) is 5.75 Å². The van der Waals surface area contributed by atoms with E-state index in [0.29, 0.717) is 5.69 Å². The standard InChI is InChI=1S/C12H17NO5/c1-6-9(15)10(16)11(17)12(18-6)13-7-2-4-8(14)5-3-7/h2-6,9-17H,1H3/t6-,9+,10+,11+,12-/m0/s1. The van der Waals surface area contributed by atoms with Gasteiger partial charge in [-0.05, 0) is 31.2 Å². The SMILES string of the molecule is C[C@@H]1O[C@H](Nc2ccc(O)cc2)[C@H](O)[C@H](O)[C@@H]1O. The summed E-state index contributed by atoms with van der Waals surface area (Å²) >= 11 is 0. The molecule has 0 spiro atoms. The second-order valence-electron chi connectivity index (χ2n) is 4.42. The monoisotopic (exact) mass is 255 g/mol. The first-order valence-electron chi connectivity index (χ1n) is 5.74. The molecule has 0 amide bonds. The number of nitrogens with one attached hydrogen (secondary N) is 1. The zero-order chi connectivity index (χ0) is 13.3. The van der Waals surface area contributed by atoms with Crippen molar-refractivity contribution in [3.63, 3.8) is 0 Å². The van der Waals surface area contributed by atoms with E-state index < -0.39 is 30.6 Å². The van der Waals surface area contributed by atoms with Crippen LogP contribution >= 0.6 is 0 Å². The minimum absolute atomic E-state index is 0.134. The van der Waals surface area contributed by atoms with Gasteiger partial charge in [0.25, 0.3) is 0 Å². The molecule has 5 N–H and O–H groups in total. The van der Waals surface area contributed by atoms with Crippen LogP contribution in [-0.2, 0) is 4.74 Å². The van der Waals surface area contributed by atoms with Crippen LogP contribution in [0.15, 0.2) is 24.3 Å². The number of benzene rings is 1. The first-order chi connectivity index (χ1) is 8.49. The van der Waals surface area contributed by atoms with Crippen LogP contribution in [0.2, 0.25) is 0 Å². The maximum absolute atomic E-state index is 9.79. The second kappa shape index (κ2) is 5.11. The highest BCUT2D eigenvalue weighted by molar-refractivity contribution is 5.46. The summed E-state index contributed by atoms with van der Waals surface area (Å²) in [4.78, 5) is 0. The Morgan fingerprint density at radius 1 is 1.00 bits per heavy atom. The second-order valence-corrected chi connectivity index (χ2v) is 4.42. The summed E-state index contributed by atoms with van der Waals surface area (Å²) in [6.45, 7) is 1.62. The van der Waals surface area contributed by atoms with Crippen molar-refractivity contribution in [3.05, 3.63) is 24.3 Å². The lowest BCUT2D eigenvalue weighted by molar-refractivity contribution is -0.209. The van der Waals surface area contributed by atoms with Gasteiger partial charge in [-0.3, -0.25) is 0 Å². The van der Waals surface area contributed by atoms with Crippen molar-refractivity contribution in [2.75, 3.05) is 5.32 Å².